The summed E-state index contributed by atoms with van der Waals surface area (Å²) in [6, 6.07) is 5.36. The average Bonchev–Trinajstić information content (AvgIpc) is 2.55. The molecule has 0 unspecified atom stereocenters. The topological polar surface area (TPSA) is 40.6 Å². The van der Waals surface area contributed by atoms with Crippen LogP contribution in [0, 0.1) is 0 Å². The molecule has 6 heteroatoms. The third-order valence-electron chi connectivity index (χ3n) is 4.05. The molecule has 0 atom stereocenters. The molecule has 4 nitrogen and oxygen atoms in total. The molecule has 2 amide bonds. The van der Waals surface area contributed by atoms with Crippen molar-refractivity contribution in [3.63, 3.8) is 0 Å². The van der Waals surface area contributed by atoms with E-state index in [-0.39, 0.29) is 11.8 Å². The molecule has 0 aromatic heterocycles. The Hall–Kier alpha value is -1.26. The van der Waals surface area contributed by atoms with Crippen LogP contribution in [0.4, 0.5) is 0 Å². The second-order valence-corrected chi connectivity index (χ2v) is 6.97. The van der Waals surface area contributed by atoms with Gasteiger partial charge in [0.1, 0.15) is 0 Å². The number of carbonyl (C=O) groups is 2. The number of hydrogen-bond acceptors (Lipinski definition) is 2. The van der Waals surface area contributed by atoms with E-state index in [1.807, 2.05) is 11.0 Å². The highest BCUT2D eigenvalue weighted by Gasteiger charge is 2.16. The maximum Gasteiger partial charge on any atom is 0.224 e. The number of halogens is 2. The molecular weight excluding hydrogens is 359 g/mol. The number of benzene rings is 1. The SMILES string of the molecule is CCCN(CCC)C(=O)CCN(CCc1ccc(Cl)cc1Cl)C(C)=O. The summed E-state index contributed by atoms with van der Waals surface area (Å²) in [6.07, 6.45) is 2.87. The number of carbonyl (C=O) groups excluding carboxylic acids is 2. The first-order chi connectivity index (χ1) is 11.9. The van der Waals surface area contributed by atoms with Gasteiger partial charge in [0.2, 0.25) is 11.8 Å². The smallest absolute Gasteiger partial charge is 0.224 e. The molecule has 0 N–H and O–H groups in total. The fourth-order valence-corrected chi connectivity index (χ4v) is 3.20. The van der Waals surface area contributed by atoms with Gasteiger partial charge in [-0.1, -0.05) is 43.1 Å². The fraction of sp³-hybridized carbons (Fsp3) is 0.579. The van der Waals surface area contributed by atoms with Crippen LogP contribution in [0.5, 0.6) is 0 Å². The highest BCUT2D eigenvalue weighted by atomic mass is 35.5. The minimum Gasteiger partial charge on any atom is -0.343 e. The summed E-state index contributed by atoms with van der Waals surface area (Å²) in [4.78, 5) is 27.8. The number of rotatable bonds is 10. The number of hydrogen-bond donors (Lipinski definition) is 0. The van der Waals surface area contributed by atoms with E-state index in [2.05, 4.69) is 13.8 Å². The van der Waals surface area contributed by atoms with Crippen LogP contribution in [0.1, 0.15) is 45.6 Å². The predicted octanol–water partition coefficient (Wildman–Crippen LogP) is 4.42. The zero-order valence-corrected chi connectivity index (χ0v) is 16.9. The van der Waals surface area contributed by atoms with Gasteiger partial charge in [0.25, 0.3) is 0 Å². The Balaban J connectivity index is 2.59. The third-order valence-corrected chi connectivity index (χ3v) is 4.63. The zero-order chi connectivity index (χ0) is 18.8. The van der Waals surface area contributed by atoms with E-state index in [9.17, 15) is 9.59 Å². The zero-order valence-electron chi connectivity index (χ0n) is 15.4. The molecule has 0 spiro atoms. The van der Waals surface area contributed by atoms with Crippen LogP contribution in [0.3, 0.4) is 0 Å². The summed E-state index contributed by atoms with van der Waals surface area (Å²) >= 11 is 12.1. The van der Waals surface area contributed by atoms with Crippen molar-refractivity contribution in [3.05, 3.63) is 33.8 Å². The second-order valence-electron chi connectivity index (χ2n) is 6.12. The van der Waals surface area contributed by atoms with Gasteiger partial charge in [0.15, 0.2) is 0 Å². The largest absolute Gasteiger partial charge is 0.343 e. The maximum atomic E-state index is 12.4. The van der Waals surface area contributed by atoms with Gasteiger partial charge in [-0.2, -0.15) is 0 Å². The van der Waals surface area contributed by atoms with Crippen LogP contribution in [-0.4, -0.2) is 47.8 Å². The van der Waals surface area contributed by atoms with Gasteiger partial charge in [-0.05, 0) is 37.0 Å². The molecule has 1 rings (SSSR count). The molecule has 0 fully saturated rings. The van der Waals surface area contributed by atoms with Crippen LogP contribution >= 0.6 is 23.2 Å². The number of nitrogens with zero attached hydrogens (tertiary/aromatic N) is 2. The second kappa shape index (κ2) is 11.4. The summed E-state index contributed by atoms with van der Waals surface area (Å²) in [7, 11) is 0. The van der Waals surface area contributed by atoms with Gasteiger partial charge in [0, 0.05) is 49.6 Å². The molecule has 0 heterocycles. The first-order valence-corrected chi connectivity index (χ1v) is 9.61. The molecule has 1 aromatic rings. The standard InChI is InChI=1S/C19H28Cl2N2O2/c1-4-10-23(11-5-2)19(25)9-13-22(15(3)24)12-8-16-6-7-17(20)14-18(16)21/h6-7,14H,4-5,8-13H2,1-3H3. The van der Waals surface area contributed by atoms with Crippen LogP contribution in [-0.2, 0) is 16.0 Å². The molecule has 1 aromatic carbocycles. The predicted molar refractivity (Wildman–Crippen MR) is 104 cm³/mol. The van der Waals surface area contributed by atoms with Crippen molar-refractivity contribution in [2.45, 2.75) is 46.5 Å². The highest BCUT2D eigenvalue weighted by Crippen LogP contribution is 2.21. The van der Waals surface area contributed by atoms with Crippen LogP contribution in [0.2, 0.25) is 10.0 Å². The molecular formula is C19H28Cl2N2O2. The molecule has 25 heavy (non-hydrogen) atoms. The summed E-state index contributed by atoms with van der Waals surface area (Å²) in [6.45, 7) is 8.17. The number of amides is 2. The van der Waals surface area contributed by atoms with Gasteiger partial charge in [-0.15, -0.1) is 0 Å². The molecule has 0 bridgehead atoms. The van der Waals surface area contributed by atoms with Gasteiger partial charge < -0.3 is 9.80 Å². The fourth-order valence-electron chi connectivity index (χ4n) is 2.70. The third kappa shape index (κ3) is 7.66. The van der Waals surface area contributed by atoms with E-state index < -0.39 is 0 Å². The van der Waals surface area contributed by atoms with Crippen molar-refractivity contribution >= 4 is 35.0 Å². The maximum absolute atomic E-state index is 12.4. The van der Waals surface area contributed by atoms with E-state index in [0.29, 0.717) is 36.0 Å². The minimum absolute atomic E-state index is 0.0320. The Morgan fingerprint density at radius 2 is 1.60 bits per heavy atom. The summed E-state index contributed by atoms with van der Waals surface area (Å²) in [5.74, 6) is 0.0786. The van der Waals surface area contributed by atoms with Crippen molar-refractivity contribution < 1.29 is 9.59 Å². The van der Waals surface area contributed by atoms with Crippen molar-refractivity contribution in [2.75, 3.05) is 26.2 Å². The molecule has 0 aliphatic heterocycles. The van der Waals surface area contributed by atoms with Gasteiger partial charge in [0.05, 0.1) is 0 Å². The van der Waals surface area contributed by atoms with Crippen molar-refractivity contribution in [3.8, 4) is 0 Å². The van der Waals surface area contributed by atoms with E-state index in [4.69, 9.17) is 23.2 Å². The minimum atomic E-state index is -0.0320. The lowest BCUT2D eigenvalue weighted by Gasteiger charge is -2.25. The van der Waals surface area contributed by atoms with Gasteiger partial charge >= 0.3 is 0 Å². The molecule has 0 aliphatic carbocycles. The monoisotopic (exact) mass is 386 g/mol. The van der Waals surface area contributed by atoms with Crippen molar-refractivity contribution in [1.82, 2.24) is 9.80 Å². The first-order valence-electron chi connectivity index (χ1n) is 8.86. The van der Waals surface area contributed by atoms with Crippen molar-refractivity contribution in [1.29, 1.82) is 0 Å². The lowest BCUT2D eigenvalue weighted by atomic mass is 10.1. The van der Waals surface area contributed by atoms with E-state index in [1.165, 1.54) is 6.92 Å². The quantitative estimate of drug-likeness (QED) is 0.596. The van der Waals surface area contributed by atoms with Crippen LogP contribution in [0.25, 0.3) is 0 Å². The molecule has 0 saturated carbocycles. The van der Waals surface area contributed by atoms with Gasteiger partial charge in [-0.3, -0.25) is 9.59 Å². The van der Waals surface area contributed by atoms with E-state index in [0.717, 1.165) is 31.5 Å². The highest BCUT2D eigenvalue weighted by molar-refractivity contribution is 6.35. The Morgan fingerprint density at radius 3 is 2.12 bits per heavy atom. The average molecular weight is 387 g/mol. The normalized spacial score (nSPS) is 10.6. The lowest BCUT2D eigenvalue weighted by Crippen LogP contribution is -2.37. The summed E-state index contributed by atoms with van der Waals surface area (Å²) < 4.78 is 0. The first kappa shape index (κ1) is 21.8. The molecule has 0 aliphatic rings. The molecule has 0 saturated heterocycles. The van der Waals surface area contributed by atoms with Crippen LogP contribution in [0.15, 0.2) is 18.2 Å². The Kier molecular flexibility index (Phi) is 9.91. The van der Waals surface area contributed by atoms with E-state index in [1.54, 1.807) is 17.0 Å². The summed E-state index contributed by atoms with van der Waals surface area (Å²) in [5.41, 5.74) is 0.947. The Morgan fingerprint density at radius 1 is 0.960 bits per heavy atom. The summed E-state index contributed by atoms with van der Waals surface area (Å²) in [5, 5.41) is 1.19. The Labute approximate surface area is 161 Å². The van der Waals surface area contributed by atoms with E-state index >= 15 is 0 Å². The molecule has 0 radical (unpaired) electrons. The van der Waals surface area contributed by atoms with Crippen LogP contribution < -0.4 is 0 Å². The Bertz CT molecular complexity index is 573. The van der Waals surface area contributed by atoms with Gasteiger partial charge in [-0.25, -0.2) is 0 Å². The van der Waals surface area contributed by atoms with Crippen molar-refractivity contribution in [2.24, 2.45) is 0 Å². The lowest BCUT2D eigenvalue weighted by molar-refractivity contribution is -0.133. The molecule has 140 valence electrons.